The maximum Gasteiger partial charge on any atom is 0.270 e. The van der Waals surface area contributed by atoms with Crippen LogP contribution in [0.5, 0.6) is 11.5 Å². The molecule has 2 aromatic carbocycles. The summed E-state index contributed by atoms with van der Waals surface area (Å²) in [5, 5.41) is 5.44. The van der Waals surface area contributed by atoms with E-state index in [4.69, 9.17) is 9.47 Å². The Morgan fingerprint density at radius 1 is 1.21 bits per heavy atom. The number of hydrogen-bond donors (Lipinski definition) is 1. The maximum absolute atomic E-state index is 13.0. The van der Waals surface area contributed by atoms with Crippen LogP contribution < -0.4 is 14.8 Å². The molecule has 0 saturated heterocycles. The quantitative estimate of drug-likeness (QED) is 0.640. The minimum atomic E-state index is -0.278. The lowest BCUT2D eigenvalue weighted by molar-refractivity contribution is 0.0947. The predicted molar refractivity (Wildman–Crippen MR) is 105 cm³/mol. The molecule has 1 N–H and O–H groups in total. The molecule has 0 atom stereocenters. The number of thiazole rings is 1. The molecule has 1 heterocycles. The molecule has 1 saturated carbocycles. The lowest BCUT2D eigenvalue weighted by atomic mass is 10.2. The molecule has 7 heteroatoms. The van der Waals surface area contributed by atoms with E-state index in [-0.39, 0.29) is 11.7 Å². The molecule has 1 aliphatic carbocycles. The molecule has 0 spiro atoms. The van der Waals surface area contributed by atoms with Gasteiger partial charge in [0.25, 0.3) is 5.91 Å². The molecule has 4 rings (SSSR count). The summed E-state index contributed by atoms with van der Waals surface area (Å²) in [4.78, 5) is 16.6. The largest absolute Gasteiger partial charge is 0.493 e. The molecule has 1 fully saturated rings. The van der Waals surface area contributed by atoms with Gasteiger partial charge in [-0.15, -0.1) is 11.3 Å². The fourth-order valence-electron chi connectivity index (χ4n) is 2.66. The molecule has 144 valence electrons. The Labute approximate surface area is 166 Å². The van der Waals surface area contributed by atoms with Crippen molar-refractivity contribution in [2.24, 2.45) is 0 Å². The van der Waals surface area contributed by atoms with Gasteiger partial charge in [-0.05, 0) is 48.7 Å². The number of amides is 1. The Balaban J connectivity index is 1.47. The number of halogens is 1. The van der Waals surface area contributed by atoms with E-state index in [2.05, 4.69) is 10.3 Å². The highest BCUT2D eigenvalue weighted by molar-refractivity contribution is 7.13. The van der Waals surface area contributed by atoms with Gasteiger partial charge in [0.2, 0.25) is 0 Å². The summed E-state index contributed by atoms with van der Waals surface area (Å²) < 4.78 is 24.3. The average Bonchev–Trinajstić information content (AvgIpc) is 3.38. The van der Waals surface area contributed by atoms with Gasteiger partial charge in [0.15, 0.2) is 11.5 Å². The molecule has 5 nitrogen and oxygen atoms in total. The Hall–Kier alpha value is -2.93. The van der Waals surface area contributed by atoms with Gasteiger partial charge in [0.1, 0.15) is 23.1 Å². The maximum atomic E-state index is 13.0. The SMILES string of the molecule is COc1cc(-c2nc(C(=O)NC3CC3)cs2)ccc1OCc1ccc(F)cc1. The Morgan fingerprint density at radius 2 is 2.00 bits per heavy atom. The van der Waals surface area contributed by atoms with Crippen molar-refractivity contribution in [3.05, 3.63) is 64.9 Å². The summed E-state index contributed by atoms with van der Waals surface area (Å²) in [7, 11) is 1.57. The standard InChI is InChI=1S/C21H19FN2O3S/c1-26-19-10-14(21-24-17(12-28-21)20(25)23-16-7-8-16)4-9-18(19)27-11-13-2-5-15(22)6-3-13/h2-6,9-10,12,16H,7-8,11H2,1H3,(H,23,25). The molecule has 0 unspecified atom stereocenters. The van der Waals surface area contributed by atoms with Crippen molar-refractivity contribution in [3.63, 3.8) is 0 Å². The third-order valence-corrected chi connectivity index (χ3v) is 5.26. The predicted octanol–water partition coefficient (Wildman–Crippen LogP) is 4.43. The van der Waals surface area contributed by atoms with Crippen molar-refractivity contribution in [3.8, 4) is 22.1 Å². The lowest BCUT2D eigenvalue weighted by Gasteiger charge is -2.11. The van der Waals surface area contributed by atoms with E-state index < -0.39 is 0 Å². The Kier molecular flexibility index (Phi) is 5.25. The molecule has 1 aromatic heterocycles. The van der Waals surface area contributed by atoms with Gasteiger partial charge >= 0.3 is 0 Å². The summed E-state index contributed by atoms with van der Waals surface area (Å²) in [6, 6.07) is 12.0. The monoisotopic (exact) mass is 398 g/mol. The molecule has 0 bridgehead atoms. The van der Waals surface area contributed by atoms with Gasteiger partial charge in [-0.1, -0.05) is 12.1 Å². The molecule has 28 heavy (non-hydrogen) atoms. The number of benzene rings is 2. The summed E-state index contributed by atoms with van der Waals surface area (Å²) in [6.45, 7) is 0.304. The van der Waals surface area contributed by atoms with Gasteiger partial charge in [-0.3, -0.25) is 4.79 Å². The lowest BCUT2D eigenvalue weighted by Crippen LogP contribution is -2.25. The van der Waals surface area contributed by atoms with Crippen molar-refractivity contribution in [1.82, 2.24) is 10.3 Å². The highest BCUT2D eigenvalue weighted by atomic mass is 32.1. The first-order valence-electron chi connectivity index (χ1n) is 8.94. The van der Waals surface area contributed by atoms with E-state index in [9.17, 15) is 9.18 Å². The number of rotatable bonds is 7. The van der Waals surface area contributed by atoms with E-state index in [0.717, 1.165) is 29.0 Å². The van der Waals surface area contributed by atoms with E-state index in [0.29, 0.717) is 29.8 Å². The van der Waals surface area contributed by atoms with E-state index in [1.54, 1.807) is 24.6 Å². The van der Waals surface area contributed by atoms with Gasteiger partial charge in [0, 0.05) is 17.0 Å². The van der Waals surface area contributed by atoms with Crippen LogP contribution in [-0.4, -0.2) is 24.0 Å². The Bertz CT molecular complexity index is 984. The van der Waals surface area contributed by atoms with Crippen LogP contribution in [0.2, 0.25) is 0 Å². The highest BCUT2D eigenvalue weighted by Gasteiger charge is 2.25. The van der Waals surface area contributed by atoms with E-state index in [1.807, 2.05) is 18.2 Å². The van der Waals surface area contributed by atoms with Gasteiger partial charge in [0.05, 0.1) is 7.11 Å². The van der Waals surface area contributed by atoms with Crippen LogP contribution in [0.15, 0.2) is 47.8 Å². The van der Waals surface area contributed by atoms with Crippen LogP contribution in [0.25, 0.3) is 10.6 Å². The van der Waals surface area contributed by atoms with Crippen LogP contribution in [0.4, 0.5) is 4.39 Å². The second kappa shape index (κ2) is 7.98. The van der Waals surface area contributed by atoms with Crippen molar-refractivity contribution in [1.29, 1.82) is 0 Å². The van der Waals surface area contributed by atoms with Crippen molar-refractivity contribution in [2.45, 2.75) is 25.5 Å². The van der Waals surface area contributed by atoms with Crippen molar-refractivity contribution >= 4 is 17.2 Å². The smallest absolute Gasteiger partial charge is 0.270 e. The highest BCUT2D eigenvalue weighted by Crippen LogP contribution is 2.34. The van der Waals surface area contributed by atoms with E-state index in [1.165, 1.54) is 23.5 Å². The molecular weight excluding hydrogens is 379 g/mol. The summed E-state index contributed by atoms with van der Waals surface area (Å²) >= 11 is 1.41. The second-order valence-electron chi connectivity index (χ2n) is 6.57. The van der Waals surface area contributed by atoms with Crippen molar-refractivity contribution in [2.75, 3.05) is 7.11 Å². The van der Waals surface area contributed by atoms with Crippen molar-refractivity contribution < 1.29 is 18.7 Å². The molecule has 3 aromatic rings. The first-order chi connectivity index (χ1) is 13.6. The number of carbonyl (C=O) groups excluding carboxylic acids is 1. The minimum Gasteiger partial charge on any atom is -0.493 e. The molecule has 0 aliphatic heterocycles. The number of carbonyl (C=O) groups is 1. The molecular formula is C21H19FN2O3S. The molecule has 0 radical (unpaired) electrons. The van der Waals surface area contributed by atoms with Crippen LogP contribution in [0, 0.1) is 5.82 Å². The average molecular weight is 398 g/mol. The third kappa shape index (κ3) is 4.31. The number of methoxy groups -OCH3 is 1. The fraction of sp³-hybridized carbons (Fsp3) is 0.238. The zero-order valence-electron chi connectivity index (χ0n) is 15.3. The van der Waals surface area contributed by atoms with Crippen LogP contribution in [0.3, 0.4) is 0 Å². The minimum absolute atomic E-state index is 0.129. The summed E-state index contributed by atoms with van der Waals surface area (Å²) in [6.07, 6.45) is 2.08. The first-order valence-corrected chi connectivity index (χ1v) is 9.82. The number of aromatic nitrogens is 1. The van der Waals surface area contributed by atoms with Crippen LogP contribution in [0.1, 0.15) is 28.9 Å². The van der Waals surface area contributed by atoms with Crippen LogP contribution >= 0.6 is 11.3 Å². The van der Waals surface area contributed by atoms with Gasteiger partial charge < -0.3 is 14.8 Å². The third-order valence-electron chi connectivity index (χ3n) is 4.37. The first kappa shape index (κ1) is 18.4. The van der Waals surface area contributed by atoms with Gasteiger partial charge in [-0.2, -0.15) is 0 Å². The van der Waals surface area contributed by atoms with Crippen LogP contribution in [-0.2, 0) is 6.61 Å². The zero-order chi connectivity index (χ0) is 19.5. The molecule has 1 amide bonds. The Morgan fingerprint density at radius 3 is 2.71 bits per heavy atom. The molecule has 1 aliphatic rings. The number of hydrogen-bond acceptors (Lipinski definition) is 5. The zero-order valence-corrected chi connectivity index (χ0v) is 16.1. The number of nitrogens with one attached hydrogen (secondary N) is 1. The normalized spacial score (nSPS) is 13.2. The number of ether oxygens (including phenoxy) is 2. The van der Waals surface area contributed by atoms with E-state index >= 15 is 0 Å². The fourth-order valence-corrected chi connectivity index (χ4v) is 3.46. The topological polar surface area (TPSA) is 60.5 Å². The van der Waals surface area contributed by atoms with Gasteiger partial charge in [-0.25, -0.2) is 9.37 Å². The summed E-state index contributed by atoms with van der Waals surface area (Å²) in [5.41, 5.74) is 2.14. The summed E-state index contributed by atoms with van der Waals surface area (Å²) in [5.74, 6) is 0.744. The number of nitrogens with zero attached hydrogens (tertiary/aromatic N) is 1. The second-order valence-corrected chi connectivity index (χ2v) is 7.42.